The molecule has 0 saturated carbocycles. The van der Waals surface area contributed by atoms with Gasteiger partial charge in [0.1, 0.15) is 27.9 Å². The third-order valence-electron chi connectivity index (χ3n) is 2.32. The molecule has 1 aromatic heterocycles. The first kappa shape index (κ1) is 15.7. The number of anilines is 2. The SMILES string of the molecule is Nc1cc(S(=O)(=O)Nc2ncnc(Cl)c2Cl)c(F)cc1F. The highest BCUT2D eigenvalue weighted by Gasteiger charge is 2.23. The zero-order valence-corrected chi connectivity index (χ0v) is 12.3. The molecule has 11 heteroatoms. The lowest BCUT2D eigenvalue weighted by molar-refractivity contribution is 0.553. The molecule has 112 valence electrons. The molecule has 0 radical (unpaired) electrons. The van der Waals surface area contributed by atoms with Crippen LogP contribution in [-0.4, -0.2) is 18.4 Å². The maximum atomic E-state index is 13.6. The topological polar surface area (TPSA) is 98.0 Å². The molecule has 1 heterocycles. The van der Waals surface area contributed by atoms with Crippen molar-refractivity contribution in [3.63, 3.8) is 0 Å². The summed E-state index contributed by atoms with van der Waals surface area (Å²) in [5, 5.41) is -0.457. The van der Waals surface area contributed by atoms with Crippen LogP contribution >= 0.6 is 23.2 Å². The molecule has 2 aromatic rings. The van der Waals surface area contributed by atoms with E-state index in [0.29, 0.717) is 12.1 Å². The molecule has 0 aliphatic heterocycles. The van der Waals surface area contributed by atoms with Gasteiger partial charge in [0, 0.05) is 6.07 Å². The number of nitrogen functional groups attached to an aromatic ring is 1. The number of sulfonamides is 1. The molecule has 0 fully saturated rings. The number of halogens is 4. The van der Waals surface area contributed by atoms with Crippen LogP contribution in [0, 0.1) is 11.6 Å². The Labute approximate surface area is 128 Å². The number of hydrogen-bond donors (Lipinski definition) is 2. The monoisotopic (exact) mass is 354 g/mol. The van der Waals surface area contributed by atoms with Gasteiger partial charge >= 0.3 is 0 Å². The van der Waals surface area contributed by atoms with Crippen LogP contribution in [0.4, 0.5) is 20.3 Å². The van der Waals surface area contributed by atoms with E-state index in [2.05, 4.69) is 9.97 Å². The van der Waals surface area contributed by atoms with Crippen molar-refractivity contribution in [3.8, 4) is 0 Å². The first-order valence-electron chi connectivity index (χ1n) is 5.15. The van der Waals surface area contributed by atoms with E-state index in [1.54, 1.807) is 0 Å². The van der Waals surface area contributed by atoms with E-state index in [0.717, 1.165) is 6.33 Å². The van der Waals surface area contributed by atoms with Gasteiger partial charge in [-0.05, 0) is 6.07 Å². The second-order valence-corrected chi connectivity index (χ2v) is 6.12. The summed E-state index contributed by atoms with van der Waals surface area (Å²) in [5.41, 5.74) is 4.70. The quantitative estimate of drug-likeness (QED) is 0.651. The van der Waals surface area contributed by atoms with E-state index in [1.807, 2.05) is 4.72 Å². The minimum absolute atomic E-state index is 0.191. The summed E-state index contributed by atoms with van der Waals surface area (Å²) in [6.07, 6.45) is 0.960. The van der Waals surface area contributed by atoms with E-state index < -0.39 is 32.2 Å². The Bertz CT molecular complexity index is 817. The van der Waals surface area contributed by atoms with Gasteiger partial charge in [-0.15, -0.1) is 0 Å². The molecule has 1 aromatic carbocycles. The molecule has 21 heavy (non-hydrogen) atoms. The van der Waals surface area contributed by atoms with Gasteiger partial charge < -0.3 is 5.73 Å². The second kappa shape index (κ2) is 5.58. The standard InChI is InChI=1S/C10H6Cl2F2N4O2S/c11-8-9(12)16-3-17-10(8)18-21(19,20)7-2-6(15)4(13)1-5(7)14/h1-3H,15H2,(H,16,17,18). The molecule has 0 atom stereocenters. The summed E-state index contributed by atoms with van der Waals surface area (Å²) in [6.45, 7) is 0. The molecule has 6 nitrogen and oxygen atoms in total. The zero-order valence-electron chi connectivity index (χ0n) is 9.94. The third-order valence-corrected chi connectivity index (χ3v) is 4.41. The van der Waals surface area contributed by atoms with Gasteiger partial charge in [0.25, 0.3) is 10.0 Å². The molecule has 0 saturated heterocycles. The normalized spacial score (nSPS) is 11.4. The number of rotatable bonds is 3. The molecule has 0 aliphatic rings. The van der Waals surface area contributed by atoms with Crippen molar-refractivity contribution in [1.82, 2.24) is 9.97 Å². The number of nitrogens with one attached hydrogen (secondary N) is 1. The average molecular weight is 355 g/mol. The Balaban J connectivity index is 2.48. The number of benzene rings is 1. The molecule has 0 bridgehead atoms. The van der Waals surface area contributed by atoms with Gasteiger partial charge in [0.05, 0.1) is 5.69 Å². The van der Waals surface area contributed by atoms with Crippen molar-refractivity contribution in [2.75, 3.05) is 10.5 Å². The Morgan fingerprint density at radius 2 is 1.81 bits per heavy atom. The smallest absolute Gasteiger partial charge is 0.266 e. The van der Waals surface area contributed by atoms with Gasteiger partial charge in [-0.1, -0.05) is 23.2 Å². The van der Waals surface area contributed by atoms with Crippen molar-refractivity contribution in [2.24, 2.45) is 0 Å². The van der Waals surface area contributed by atoms with Crippen LogP contribution in [0.2, 0.25) is 10.2 Å². The highest BCUT2D eigenvalue weighted by molar-refractivity contribution is 7.92. The van der Waals surface area contributed by atoms with Crippen LogP contribution in [0.5, 0.6) is 0 Å². The zero-order chi connectivity index (χ0) is 15.8. The molecule has 0 aliphatic carbocycles. The fraction of sp³-hybridized carbons (Fsp3) is 0. The lowest BCUT2D eigenvalue weighted by atomic mass is 10.3. The molecule has 0 spiro atoms. The highest BCUT2D eigenvalue weighted by atomic mass is 35.5. The van der Waals surface area contributed by atoms with Crippen molar-refractivity contribution in [3.05, 3.63) is 40.3 Å². The van der Waals surface area contributed by atoms with Gasteiger partial charge in [0.2, 0.25) is 0 Å². The minimum Gasteiger partial charge on any atom is -0.396 e. The van der Waals surface area contributed by atoms with E-state index in [9.17, 15) is 17.2 Å². The van der Waals surface area contributed by atoms with Crippen LogP contribution in [-0.2, 0) is 10.0 Å². The fourth-order valence-electron chi connectivity index (χ4n) is 1.35. The van der Waals surface area contributed by atoms with Crippen molar-refractivity contribution >= 4 is 44.7 Å². The Hall–Kier alpha value is -1.71. The summed E-state index contributed by atoms with van der Waals surface area (Å²) in [4.78, 5) is 6.25. The largest absolute Gasteiger partial charge is 0.396 e. The van der Waals surface area contributed by atoms with Crippen LogP contribution in [0.1, 0.15) is 0 Å². The lowest BCUT2D eigenvalue weighted by Crippen LogP contribution is -2.16. The molecular weight excluding hydrogens is 349 g/mol. The molecule has 2 rings (SSSR count). The molecule has 3 N–H and O–H groups in total. The van der Waals surface area contributed by atoms with Crippen LogP contribution in [0.25, 0.3) is 0 Å². The summed E-state index contributed by atoms with van der Waals surface area (Å²) in [5.74, 6) is -2.74. The van der Waals surface area contributed by atoms with E-state index in [4.69, 9.17) is 28.9 Å². The van der Waals surface area contributed by atoms with Crippen molar-refractivity contribution in [1.29, 1.82) is 0 Å². The lowest BCUT2D eigenvalue weighted by Gasteiger charge is -2.10. The molecular formula is C10H6Cl2F2N4O2S. The number of aromatic nitrogens is 2. The summed E-state index contributed by atoms with van der Waals surface area (Å²) in [6, 6.07) is 1.00. The predicted molar refractivity (Wildman–Crippen MR) is 73.6 cm³/mol. The third kappa shape index (κ3) is 3.14. The Morgan fingerprint density at radius 3 is 2.48 bits per heavy atom. The molecule has 0 unspecified atom stereocenters. The number of hydrogen-bond acceptors (Lipinski definition) is 5. The van der Waals surface area contributed by atoms with Gasteiger partial charge in [-0.3, -0.25) is 4.72 Å². The summed E-state index contributed by atoms with van der Waals surface area (Å²) >= 11 is 11.3. The van der Waals surface area contributed by atoms with Crippen LogP contribution < -0.4 is 10.5 Å². The van der Waals surface area contributed by atoms with Gasteiger partial charge in [-0.2, -0.15) is 0 Å². The summed E-state index contributed by atoms with van der Waals surface area (Å²) < 4.78 is 52.7. The Morgan fingerprint density at radius 1 is 1.14 bits per heavy atom. The first-order valence-corrected chi connectivity index (χ1v) is 7.39. The summed E-state index contributed by atoms with van der Waals surface area (Å²) in [7, 11) is -4.43. The van der Waals surface area contributed by atoms with Crippen molar-refractivity contribution < 1.29 is 17.2 Å². The van der Waals surface area contributed by atoms with E-state index >= 15 is 0 Å². The average Bonchev–Trinajstić information content (AvgIpc) is 2.39. The van der Waals surface area contributed by atoms with Gasteiger partial charge in [-0.25, -0.2) is 27.2 Å². The maximum Gasteiger partial charge on any atom is 0.266 e. The maximum absolute atomic E-state index is 13.6. The van der Waals surface area contributed by atoms with Gasteiger partial charge in [0.15, 0.2) is 11.0 Å². The first-order chi connectivity index (χ1) is 9.72. The molecule has 0 amide bonds. The number of nitrogens with two attached hydrogens (primary N) is 1. The van der Waals surface area contributed by atoms with Crippen LogP contribution in [0.3, 0.4) is 0 Å². The number of nitrogens with zero attached hydrogens (tertiary/aromatic N) is 2. The Kier molecular flexibility index (Phi) is 4.17. The van der Waals surface area contributed by atoms with E-state index in [1.165, 1.54) is 0 Å². The fourth-order valence-corrected chi connectivity index (χ4v) is 2.80. The van der Waals surface area contributed by atoms with Crippen molar-refractivity contribution in [2.45, 2.75) is 4.90 Å². The minimum atomic E-state index is -4.43. The highest BCUT2D eigenvalue weighted by Crippen LogP contribution is 2.28. The predicted octanol–water partition coefficient (Wildman–Crippen LogP) is 2.44. The second-order valence-electron chi connectivity index (χ2n) is 3.74. The van der Waals surface area contributed by atoms with E-state index in [-0.39, 0.29) is 16.0 Å². The van der Waals surface area contributed by atoms with Crippen LogP contribution in [0.15, 0.2) is 23.4 Å².